The molecule has 1 atom stereocenters. The molecule has 0 bridgehead atoms. The van der Waals surface area contributed by atoms with Crippen molar-refractivity contribution in [2.75, 3.05) is 24.7 Å². The summed E-state index contributed by atoms with van der Waals surface area (Å²) in [5.41, 5.74) is 3.12. The maximum atomic E-state index is 9.11. The molecule has 0 saturated carbocycles. The third-order valence-corrected chi connectivity index (χ3v) is 4.68. The number of fused-ring (bicyclic) bond motifs is 1. The summed E-state index contributed by atoms with van der Waals surface area (Å²) >= 11 is 0. The van der Waals surface area contributed by atoms with E-state index >= 15 is 0 Å². The van der Waals surface area contributed by atoms with Gasteiger partial charge in [-0.1, -0.05) is 0 Å². The standard InChI is InChI=1S/C20H19N5O/c1-13-12-26-8-7-25(13)19-6-4-16(11-22-19)20-23-14(2)17-5-3-15(10-21)9-18(17)24-20/h3-6,9,11,13H,7-8,12H2,1-2H3/t13-/m0/s1. The molecule has 3 aromatic rings. The number of anilines is 1. The lowest BCUT2D eigenvalue weighted by molar-refractivity contribution is 0.0985. The van der Waals surface area contributed by atoms with E-state index in [2.05, 4.69) is 32.8 Å². The highest BCUT2D eigenvalue weighted by atomic mass is 16.5. The number of aromatic nitrogens is 3. The third-order valence-electron chi connectivity index (χ3n) is 4.68. The van der Waals surface area contributed by atoms with Crippen LogP contribution in [0.15, 0.2) is 36.5 Å². The maximum absolute atomic E-state index is 9.11. The van der Waals surface area contributed by atoms with E-state index in [1.54, 1.807) is 12.1 Å². The van der Waals surface area contributed by atoms with E-state index in [-0.39, 0.29) is 0 Å². The Kier molecular flexibility index (Phi) is 4.23. The lowest BCUT2D eigenvalue weighted by Gasteiger charge is -2.34. The van der Waals surface area contributed by atoms with Gasteiger partial charge in [0, 0.05) is 29.4 Å². The molecule has 6 nitrogen and oxygen atoms in total. The summed E-state index contributed by atoms with van der Waals surface area (Å²) < 4.78 is 5.49. The van der Waals surface area contributed by atoms with Crippen molar-refractivity contribution in [1.82, 2.24) is 15.0 Å². The van der Waals surface area contributed by atoms with Crippen molar-refractivity contribution >= 4 is 16.7 Å². The number of rotatable bonds is 2. The lowest BCUT2D eigenvalue weighted by atomic mass is 10.1. The number of nitrogens with zero attached hydrogens (tertiary/aromatic N) is 5. The van der Waals surface area contributed by atoms with Gasteiger partial charge in [-0.3, -0.25) is 0 Å². The fourth-order valence-electron chi connectivity index (χ4n) is 3.24. The number of ether oxygens (including phenoxy) is 1. The van der Waals surface area contributed by atoms with Crippen LogP contribution in [0.5, 0.6) is 0 Å². The van der Waals surface area contributed by atoms with Crippen molar-refractivity contribution in [2.24, 2.45) is 0 Å². The fraction of sp³-hybridized carbons (Fsp3) is 0.300. The lowest BCUT2D eigenvalue weighted by Crippen LogP contribution is -2.44. The molecule has 1 aliphatic heterocycles. The van der Waals surface area contributed by atoms with E-state index in [0.717, 1.165) is 47.7 Å². The molecular weight excluding hydrogens is 326 g/mol. The minimum absolute atomic E-state index is 0.311. The summed E-state index contributed by atoms with van der Waals surface area (Å²) in [6, 6.07) is 12.0. The molecule has 26 heavy (non-hydrogen) atoms. The summed E-state index contributed by atoms with van der Waals surface area (Å²) in [6.07, 6.45) is 1.81. The zero-order valence-electron chi connectivity index (χ0n) is 14.8. The molecule has 4 rings (SSSR count). The van der Waals surface area contributed by atoms with Gasteiger partial charge in [0.05, 0.1) is 36.4 Å². The zero-order chi connectivity index (χ0) is 18.1. The predicted molar refractivity (Wildman–Crippen MR) is 99.8 cm³/mol. The number of hydrogen-bond acceptors (Lipinski definition) is 6. The Morgan fingerprint density at radius 1 is 1.23 bits per heavy atom. The molecule has 0 spiro atoms. The molecular formula is C20H19N5O. The first kappa shape index (κ1) is 16.4. The number of hydrogen-bond donors (Lipinski definition) is 0. The first-order valence-electron chi connectivity index (χ1n) is 8.65. The minimum atomic E-state index is 0.311. The van der Waals surface area contributed by atoms with Crippen LogP contribution < -0.4 is 4.90 Å². The fourth-order valence-corrected chi connectivity index (χ4v) is 3.24. The van der Waals surface area contributed by atoms with Gasteiger partial charge in [0.15, 0.2) is 5.82 Å². The minimum Gasteiger partial charge on any atom is -0.377 e. The largest absolute Gasteiger partial charge is 0.377 e. The summed E-state index contributed by atoms with van der Waals surface area (Å²) in [4.78, 5) is 16.1. The molecule has 3 heterocycles. The third kappa shape index (κ3) is 2.98. The predicted octanol–water partition coefficient (Wildman–Crippen LogP) is 3.10. The summed E-state index contributed by atoms with van der Waals surface area (Å²) in [6.45, 7) is 6.38. The van der Waals surface area contributed by atoms with Crippen LogP contribution in [0.3, 0.4) is 0 Å². The SMILES string of the molecule is Cc1nc(-c2ccc(N3CCOC[C@@H]3C)nc2)nc2cc(C#N)ccc12. The van der Waals surface area contributed by atoms with E-state index in [4.69, 9.17) is 10.00 Å². The van der Waals surface area contributed by atoms with Gasteiger partial charge in [0.2, 0.25) is 0 Å². The average molecular weight is 345 g/mol. The summed E-state index contributed by atoms with van der Waals surface area (Å²) in [5, 5.41) is 10.1. The van der Waals surface area contributed by atoms with E-state index in [1.165, 1.54) is 0 Å². The molecule has 0 radical (unpaired) electrons. The number of aryl methyl sites for hydroxylation is 1. The van der Waals surface area contributed by atoms with Crippen LogP contribution in [0.2, 0.25) is 0 Å². The number of nitriles is 1. The molecule has 130 valence electrons. The van der Waals surface area contributed by atoms with Gasteiger partial charge in [-0.05, 0) is 44.2 Å². The van der Waals surface area contributed by atoms with Crippen molar-refractivity contribution in [2.45, 2.75) is 19.9 Å². The Bertz CT molecular complexity index is 993. The summed E-state index contributed by atoms with van der Waals surface area (Å²) in [7, 11) is 0. The van der Waals surface area contributed by atoms with E-state index in [1.807, 2.05) is 31.3 Å². The van der Waals surface area contributed by atoms with Gasteiger partial charge in [-0.25, -0.2) is 15.0 Å². The molecule has 1 aromatic carbocycles. The number of benzene rings is 1. The molecule has 1 saturated heterocycles. The van der Waals surface area contributed by atoms with Crippen LogP contribution in [-0.2, 0) is 4.74 Å². The van der Waals surface area contributed by atoms with E-state index in [9.17, 15) is 0 Å². The van der Waals surface area contributed by atoms with Crippen LogP contribution in [0.25, 0.3) is 22.3 Å². The molecule has 2 aromatic heterocycles. The molecule has 1 fully saturated rings. The van der Waals surface area contributed by atoms with Crippen molar-refractivity contribution in [1.29, 1.82) is 5.26 Å². The Labute approximate surface area is 152 Å². The normalized spacial score (nSPS) is 17.3. The Morgan fingerprint density at radius 3 is 2.85 bits per heavy atom. The van der Waals surface area contributed by atoms with Gasteiger partial charge < -0.3 is 9.64 Å². The first-order chi connectivity index (χ1) is 12.7. The second kappa shape index (κ2) is 6.70. The highest BCUT2D eigenvalue weighted by Crippen LogP contribution is 2.24. The molecule has 0 amide bonds. The summed E-state index contributed by atoms with van der Waals surface area (Å²) in [5.74, 6) is 1.56. The molecule has 0 aliphatic carbocycles. The highest BCUT2D eigenvalue weighted by Gasteiger charge is 2.20. The van der Waals surface area contributed by atoms with Crippen LogP contribution in [0.4, 0.5) is 5.82 Å². The smallest absolute Gasteiger partial charge is 0.161 e. The van der Waals surface area contributed by atoms with Gasteiger partial charge in [-0.15, -0.1) is 0 Å². The van der Waals surface area contributed by atoms with Crippen molar-refractivity contribution in [3.63, 3.8) is 0 Å². The Hall–Kier alpha value is -3.04. The Morgan fingerprint density at radius 2 is 2.12 bits per heavy atom. The van der Waals surface area contributed by atoms with Gasteiger partial charge >= 0.3 is 0 Å². The van der Waals surface area contributed by atoms with E-state index in [0.29, 0.717) is 17.4 Å². The highest BCUT2D eigenvalue weighted by molar-refractivity contribution is 5.83. The number of morpholine rings is 1. The molecule has 1 aliphatic rings. The van der Waals surface area contributed by atoms with Crippen LogP contribution >= 0.6 is 0 Å². The van der Waals surface area contributed by atoms with Gasteiger partial charge in [0.25, 0.3) is 0 Å². The number of pyridine rings is 1. The van der Waals surface area contributed by atoms with Crippen molar-refractivity contribution in [3.05, 3.63) is 47.8 Å². The molecule has 0 unspecified atom stereocenters. The van der Waals surface area contributed by atoms with Crippen molar-refractivity contribution < 1.29 is 4.74 Å². The zero-order valence-corrected chi connectivity index (χ0v) is 14.8. The topological polar surface area (TPSA) is 74.9 Å². The monoisotopic (exact) mass is 345 g/mol. The second-order valence-electron chi connectivity index (χ2n) is 6.50. The van der Waals surface area contributed by atoms with Crippen LogP contribution in [0.1, 0.15) is 18.2 Å². The van der Waals surface area contributed by atoms with E-state index < -0.39 is 0 Å². The van der Waals surface area contributed by atoms with Crippen LogP contribution in [-0.4, -0.2) is 40.8 Å². The second-order valence-corrected chi connectivity index (χ2v) is 6.50. The van der Waals surface area contributed by atoms with Crippen molar-refractivity contribution in [3.8, 4) is 17.5 Å². The van der Waals surface area contributed by atoms with Gasteiger partial charge in [-0.2, -0.15) is 5.26 Å². The quantitative estimate of drug-likeness (QED) is 0.710. The maximum Gasteiger partial charge on any atom is 0.161 e. The molecule has 0 N–H and O–H groups in total. The Balaban J connectivity index is 1.70. The average Bonchev–Trinajstić information content (AvgIpc) is 2.68. The van der Waals surface area contributed by atoms with Crippen LogP contribution in [0, 0.1) is 18.3 Å². The van der Waals surface area contributed by atoms with Gasteiger partial charge in [0.1, 0.15) is 5.82 Å². The molecule has 6 heteroatoms. The first-order valence-corrected chi connectivity index (χ1v) is 8.65.